The number of nitrogens with two attached hydrogens (primary N) is 1. The van der Waals surface area contributed by atoms with Crippen LogP contribution in [0, 0.1) is 0 Å². The Bertz CT molecular complexity index is 1320. The molecule has 4 aromatic rings. The molecule has 1 aliphatic rings. The second-order valence-corrected chi connectivity index (χ2v) is 10.7. The molecule has 0 radical (unpaired) electrons. The van der Waals surface area contributed by atoms with Crippen molar-refractivity contribution in [1.29, 1.82) is 0 Å². The van der Waals surface area contributed by atoms with Gasteiger partial charge in [0.2, 0.25) is 5.95 Å². The molecule has 2 aromatic carbocycles. The summed E-state index contributed by atoms with van der Waals surface area (Å²) in [5.41, 5.74) is 9.91. The Morgan fingerprint density at radius 2 is 2.09 bits per heavy atom. The van der Waals surface area contributed by atoms with Gasteiger partial charge in [-0.05, 0) is 62.5 Å². The molecule has 5 rings (SSSR count). The number of aromatic nitrogens is 3. The zero-order valence-corrected chi connectivity index (χ0v) is 21.1. The molecular weight excluding hydrogens is 466 g/mol. The number of nitrogen functional groups attached to an aromatic ring is 1. The molecule has 7 nitrogen and oxygen atoms in total. The van der Waals surface area contributed by atoms with Crippen molar-refractivity contribution in [1.82, 2.24) is 19.9 Å². The maximum absolute atomic E-state index is 6.08. The van der Waals surface area contributed by atoms with E-state index in [1.165, 1.54) is 0 Å². The molecule has 1 unspecified atom stereocenters. The zero-order chi connectivity index (χ0) is 23.7. The molecule has 0 saturated carbocycles. The van der Waals surface area contributed by atoms with Crippen LogP contribution >= 0.6 is 23.1 Å². The number of ether oxygens (including phenoxy) is 2. The number of nitrogens with zero attached hydrogens (tertiary/aromatic N) is 4. The van der Waals surface area contributed by atoms with Crippen molar-refractivity contribution in [2.24, 2.45) is 0 Å². The highest BCUT2D eigenvalue weighted by Gasteiger charge is 2.25. The van der Waals surface area contributed by atoms with Crippen LogP contribution in [-0.4, -0.2) is 60.0 Å². The molecule has 2 N–H and O–H groups in total. The van der Waals surface area contributed by atoms with E-state index in [9.17, 15) is 0 Å². The molecule has 3 heterocycles. The van der Waals surface area contributed by atoms with E-state index in [-0.39, 0.29) is 11.9 Å². The van der Waals surface area contributed by atoms with Gasteiger partial charge in [0.05, 0.1) is 29.6 Å². The molecule has 176 valence electrons. The summed E-state index contributed by atoms with van der Waals surface area (Å²) in [6, 6.07) is 12.2. The lowest BCUT2D eigenvalue weighted by atomic mass is 9.97. The van der Waals surface area contributed by atoms with Crippen LogP contribution in [0.25, 0.3) is 21.5 Å². The largest absolute Gasteiger partial charge is 0.497 e. The third-order valence-electron chi connectivity index (χ3n) is 5.77. The van der Waals surface area contributed by atoms with Crippen LogP contribution in [0.1, 0.15) is 16.5 Å². The molecule has 0 aliphatic carbocycles. The summed E-state index contributed by atoms with van der Waals surface area (Å²) in [4.78, 5) is 16.9. The molecule has 0 bridgehead atoms. The maximum Gasteiger partial charge on any atom is 0.220 e. The highest BCUT2D eigenvalue weighted by atomic mass is 32.2. The number of hydrogen-bond acceptors (Lipinski definition) is 9. The van der Waals surface area contributed by atoms with Crippen LogP contribution in [-0.2, 0) is 6.42 Å². The third kappa shape index (κ3) is 4.82. The predicted molar refractivity (Wildman–Crippen MR) is 139 cm³/mol. The number of rotatable bonds is 7. The number of thiazole rings is 1. The average Bonchev–Trinajstić information content (AvgIpc) is 3.27. The van der Waals surface area contributed by atoms with Gasteiger partial charge in [0, 0.05) is 34.9 Å². The minimum Gasteiger partial charge on any atom is -0.497 e. The van der Waals surface area contributed by atoms with Gasteiger partial charge in [-0.1, -0.05) is 0 Å². The Kier molecular flexibility index (Phi) is 6.58. The van der Waals surface area contributed by atoms with Crippen molar-refractivity contribution < 1.29 is 9.47 Å². The van der Waals surface area contributed by atoms with Crippen LogP contribution in [0.4, 0.5) is 5.95 Å². The fourth-order valence-corrected chi connectivity index (χ4v) is 6.34. The summed E-state index contributed by atoms with van der Waals surface area (Å²) in [7, 11) is 5.87. The first-order chi connectivity index (χ1) is 16.5. The molecular formula is C25H27N5O2S2. The first-order valence-corrected chi connectivity index (χ1v) is 12.9. The van der Waals surface area contributed by atoms with E-state index in [4.69, 9.17) is 20.2 Å². The van der Waals surface area contributed by atoms with E-state index in [0.29, 0.717) is 6.61 Å². The van der Waals surface area contributed by atoms with Gasteiger partial charge >= 0.3 is 0 Å². The highest BCUT2D eigenvalue weighted by molar-refractivity contribution is 7.99. The zero-order valence-electron chi connectivity index (χ0n) is 19.4. The first-order valence-electron chi connectivity index (χ1n) is 11.1. The Morgan fingerprint density at radius 1 is 1.21 bits per heavy atom. The summed E-state index contributed by atoms with van der Waals surface area (Å²) < 4.78 is 12.6. The quantitative estimate of drug-likeness (QED) is 0.370. The summed E-state index contributed by atoms with van der Waals surface area (Å²) in [5, 5.41) is 1.09. The van der Waals surface area contributed by atoms with E-state index in [2.05, 4.69) is 47.2 Å². The van der Waals surface area contributed by atoms with E-state index in [0.717, 1.165) is 67.2 Å². The van der Waals surface area contributed by atoms with Crippen LogP contribution in [0.5, 0.6) is 11.5 Å². The van der Waals surface area contributed by atoms with Crippen molar-refractivity contribution >= 4 is 39.3 Å². The number of thioether (sulfide) groups is 1. The van der Waals surface area contributed by atoms with Gasteiger partial charge in [-0.3, -0.25) is 0 Å². The SMILES string of the molecule is COc1ccc2c(c1)CC(c1nc3c(SCCN(C)C)cc(-c4ccnc(N)n4)cc3s1)CO2. The molecule has 1 aliphatic heterocycles. The van der Waals surface area contributed by atoms with Crippen molar-refractivity contribution in [2.75, 3.05) is 45.8 Å². The smallest absolute Gasteiger partial charge is 0.220 e. The topological polar surface area (TPSA) is 86.4 Å². The van der Waals surface area contributed by atoms with Crippen LogP contribution < -0.4 is 15.2 Å². The van der Waals surface area contributed by atoms with Gasteiger partial charge in [0.1, 0.15) is 16.5 Å². The van der Waals surface area contributed by atoms with E-state index >= 15 is 0 Å². The summed E-state index contributed by atoms with van der Waals surface area (Å²) >= 11 is 3.56. The lowest BCUT2D eigenvalue weighted by molar-refractivity contribution is 0.261. The lowest BCUT2D eigenvalue weighted by Gasteiger charge is -2.24. The molecule has 0 fully saturated rings. The number of hydrogen-bond donors (Lipinski definition) is 1. The minimum atomic E-state index is 0.203. The molecule has 2 aromatic heterocycles. The van der Waals surface area contributed by atoms with Gasteiger partial charge in [0.15, 0.2) is 0 Å². The van der Waals surface area contributed by atoms with E-state index in [1.807, 2.05) is 30.0 Å². The summed E-state index contributed by atoms with van der Waals surface area (Å²) in [6.45, 7) is 1.61. The number of fused-ring (bicyclic) bond motifs is 2. The molecule has 1 atom stereocenters. The number of anilines is 1. The van der Waals surface area contributed by atoms with Crippen molar-refractivity contribution in [2.45, 2.75) is 17.2 Å². The molecule has 0 spiro atoms. The van der Waals surface area contributed by atoms with Gasteiger partial charge < -0.3 is 20.1 Å². The van der Waals surface area contributed by atoms with Gasteiger partial charge in [0.25, 0.3) is 0 Å². The van der Waals surface area contributed by atoms with Gasteiger partial charge in [-0.15, -0.1) is 23.1 Å². The number of methoxy groups -OCH3 is 1. The van der Waals surface area contributed by atoms with Gasteiger partial charge in [-0.25, -0.2) is 15.0 Å². The third-order valence-corrected chi connectivity index (χ3v) is 7.94. The predicted octanol–water partition coefficient (Wildman–Crippen LogP) is 4.72. The maximum atomic E-state index is 6.08. The minimum absolute atomic E-state index is 0.203. The Hall–Kier alpha value is -2.88. The molecule has 0 amide bonds. The highest BCUT2D eigenvalue weighted by Crippen LogP contribution is 2.40. The fourth-order valence-electron chi connectivity index (χ4n) is 3.98. The second-order valence-electron chi connectivity index (χ2n) is 8.51. The average molecular weight is 494 g/mol. The lowest BCUT2D eigenvalue weighted by Crippen LogP contribution is -2.19. The van der Waals surface area contributed by atoms with Crippen LogP contribution in [0.15, 0.2) is 47.5 Å². The standard InChI is InChI=1S/C25H27N5O2S2/c1-30(2)8-9-33-21-12-15(19-6-7-27-25(26)28-19)13-22-23(21)29-24(34-22)17-10-16-11-18(31-3)4-5-20(16)32-14-17/h4-7,11-13,17H,8-10,14H2,1-3H3,(H2,26,27,28). The Balaban J connectivity index is 1.51. The molecule has 0 saturated heterocycles. The Labute approximate surface area is 207 Å². The van der Waals surface area contributed by atoms with Crippen LogP contribution in [0.2, 0.25) is 0 Å². The van der Waals surface area contributed by atoms with Gasteiger partial charge in [-0.2, -0.15) is 0 Å². The van der Waals surface area contributed by atoms with Crippen molar-refractivity contribution in [3.05, 3.63) is 53.2 Å². The number of benzene rings is 2. The van der Waals surface area contributed by atoms with E-state index in [1.54, 1.807) is 24.6 Å². The fraction of sp³-hybridized carbons (Fsp3) is 0.320. The summed E-state index contributed by atoms with van der Waals surface area (Å²) in [5.74, 6) is 3.24. The normalized spacial score (nSPS) is 15.4. The second kappa shape index (κ2) is 9.77. The molecule has 9 heteroatoms. The van der Waals surface area contributed by atoms with Crippen molar-refractivity contribution in [3.63, 3.8) is 0 Å². The molecule has 34 heavy (non-hydrogen) atoms. The summed E-state index contributed by atoms with van der Waals surface area (Å²) in [6.07, 6.45) is 2.58. The van der Waals surface area contributed by atoms with Crippen LogP contribution in [0.3, 0.4) is 0 Å². The first kappa shape index (κ1) is 22.9. The Morgan fingerprint density at radius 3 is 2.88 bits per heavy atom. The van der Waals surface area contributed by atoms with E-state index < -0.39 is 0 Å². The monoisotopic (exact) mass is 493 g/mol. The van der Waals surface area contributed by atoms with Crippen molar-refractivity contribution in [3.8, 4) is 22.8 Å².